The number of ether oxygens (including phenoxy) is 3. The summed E-state index contributed by atoms with van der Waals surface area (Å²) in [7, 11) is 0.367. The van der Waals surface area contributed by atoms with Gasteiger partial charge in [-0.15, -0.1) is 23.1 Å². The van der Waals surface area contributed by atoms with Crippen LogP contribution in [-0.2, 0) is 15.8 Å². The third-order valence-corrected chi connectivity index (χ3v) is 9.47. The summed E-state index contributed by atoms with van der Waals surface area (Å²) >= 11 is 15.2. The zero-order valence-electron chi connectivity index (χ0n) is 20.8. The average Bonchev–Trinajstić information content (AvgIpc) is 3.41. The Bertz CT molecular complexity index is 1630. The van der Waals surface area contributed by atoms with Gasteiger partial charge in [-0.1, -0.05) is 35.3 Å². The zero-order valence-corrected chi connectivity index (χ0v) is 24.8. The average molecular weight is 623 g/mol. The van der Waals surface area contributed by atoms with E-state index in [1.165, 1.54) is 56.7 Å². The van der Waals surface area contributed by atoms with Crippen LogP contribution in [0.2, 0.25) is 10.0 Å². The van der Waals surface area contributed by atoms with Crippen molar-refractivity contribution in [2.75, 3.05) is 21.3 Å². The number of hydrogen-bond acceptors (Lipinski definition) is 9. The van der Waals surface area contributed by atoms with E-state index >= 15 is 0 Å². The van der Waals surface area contributed by atoms with Crippen molar-refractivity contribution in [3.05, 3.63) is 69.5 Å². The topological polar surface area (TPSA) is 111 Å². The lowest BCUT2D eigenvalue weighted by Crippen LogP contribution is -2.19. The molecule has 1 heterocycles. The molecule has 0 bridgehead atoms. The molecule has 0 saturated heterocycles. The first kappa shape index (κ1) is 28.9. The monoisotopic (exact) mass is 621 g/mol. The van der Waals surface area contributed by atoms with Gasteiger partial charge in [0, 0.05) is 32.2 Å². The van der Waals surface area contributed by atoms with E-state index in [2.05, 4.69) is 4.98 Å². The first-order chi connectivity index (χ1) is 18.7. The third kappa shape index (κ3) is 6.37. The molecule has 39 heavy (non-hydrogen) atoms. The Labute approximate surface area is 244 Å². The molecule has 4 rings (SSSR count). The van der Waals surface area contributed by atoms with Crippen LogP contribution in [0.5, 0.6) is 17.2 Å². The van der Waals surface area contributed by atoms with Gasteiger partial charge in [0.25, 0.3) is 10.0 Å². The summed E-state index contributed by atoms with van der Waals surface area (Å²) in [5, 5.41) is 12.4. The van der Waals surface area contributed by atoms with E-state index in [0.717, 1.165) is 11.1 Å². The number of benzene rings is 3. The van der Waals surface area contributed by atoms with Crippen molar-refractivity contribution >= 4 is 56.3 Å². The van der Waals surface area contributed by atoms with E-state index in [1.54, 1.807) is 30.3 Å². The van der Waals surface area contributed by atoms with E-state index < -0.39 is 10.0 Å². The van der Waals surface area contributed by atoms with Crippen LogP contribution < -0.4 is 18.9 Å². The highest BCUT2D eigenvalue weighted by molar-refractivity contribution is 7.99. The van der Waals surface area contributed by atoms with Gasteiger partial charge in [-0.25, -0.2) is 18.1 Å². The summed E-state index contributed by atoms with van der Waals surface area (Å²) in [6.45, 7) is 0. The van der Waals surface area contributed by atoms with Crippen LogP contribution in [-0.4, -0.2) is 34.7 Å². The van der Waals surface area contributed by atoms with Gasteiger partial charge in [-0.05, 0) is 42.0 Å². The molecule has 0 aliphatic carbocycles. The van der Waals surface area contributed by atoms with E-state index in [1.807, 2.05) is 22.2 Å². The Kier molecular flexibility index (Phi) is 9.15. The van der Waals surface area contributed by atoms with Crippen LogP contribution >= 0.6 is 46.3 Å². The van der Waals surface area contributed by atoms with Crippen molar-refractivity contribution in [2.45, 2.75) is 15.5 Å². The van der Waals surface area contributed by atoms with Crippen LogP contribution in [0.25, 0.3) is 21.8 Å². The number of nitriles is 1. The maximum Gasteiger partial charge on any atom is 0.271 e. The molecule has 13 heteroatoms. The fourth-order valence-electron chi connectivity index (χ4n) is 3.67. The lowest BCUT2D eigenvalue weighted by atomic mass is 10.2. The fourth-order valence-corrected chi connectivity index (χ4v) is 7.25. The van der Waals surface area contributed by atoms with Gasteiger partial charge < -0.3 is 14.2 Å². The molecule has 202 valence electrons. The van der Waals surface area contributed by atoms with Crippen LogP contribution in [0.15, 0.2) is 63.7 Å². The van der Waals surface area contributed by atoms with Crippen molar-refractivity contribution < 1.29 is 22.6 Å². The second-order valence-electron chi connectivity index (χ2n) is 7.86. The number of hydrogen-bond donors (Lipinski definition) is 1. The Balaban J connectivity index is 1.73. The first-order valence-electron chi connectivity index (χ1n) is 11.1. The maximum atomic E-state index is 13.0. The molecule has 0 amide bonds. The number of thioether (sulfide) groups is 1. The number of halogens is 2. The van der Waals surface area contributed by atoms with E-state index in [-0.39, 0.29) is 4.90 Å². The SMILES string of the molecule is COc1cc(CSc2cc(Cl)c(-c3nc(-c4ccc(Cl)cc4)cs3)cc2S(=O)(=O)NC#N)cc(OC)c1OC. The second kappa shape index (κ2) is 12.4. The quantitative estimate of drug-likeness (QED) is 0.116. The minimum atomic E-state index is -4.18. The molecule has 4 aromatic rings. The summed E-state index contributed by atoms with van der Waals surface area (Å²) < 4.78 is 44.2. The summed E-state index contributed by atoms with van der Waals surface area (Å²) in [6, 6.07) is 13.8. The number of methoxy groups -OCH3 is 3. The number of nitrogens with zero attached hydrogens (tertiary/aromatic N) is 2. The summed E-state index contributed by atoms with van der Waals surface area (Å²) in [4.78, 5) is 4.92. The van der Waals surface area contributed by atoms with Crippen molar-refractivity contribution in [3.8, 4) is 45.3 Å². The number of sulfonamides is 1. The molecular formula is C26H21Cl2N3O5S3. The summed E-state index contributed by atoms with van der Waals surface area (Å²) in [5.41, 5.74) is 2.77. The number of aromatic nitrogens is 1. The minimum Gasteiger partial charge on any atom is -0.493 e. The predicted molar refractivity (Wildman–Crippen MR) is 155 cm³/mol. The van der Waals surface area contributed by atoms with Crippen molar-refractivity contribution in [3.63, 3.8) is 0 Å². The minimum absolute atomic E-state index is 0.0934. The first-order valence-corrected chi connectivity index (χ1v) is 15.2. The van der Waals surface area contributed by atoms with E-state index in [9.17, 15) is 8.42 Å². The van der Waals surface area contributed by atoms with Crippen LogP contribution in [0.3, 0.4) is 0 Å². The molecule has 8 nitrogen and oxygen atoms in total. The zero-order chi connectivity index (χ0) is 28.2. The molecule has 1 N–H and O–H groups in total. The molecule has 0 unspecified atom stereocenters. The van der Waals surface area contributed by atoms with Crippen LogP contribution in [0, 0.1) is 11.5 Å². The third-order valence-electron chi connectivity index (χ3n) is 5.50. The molecule has 0 fully saturated rings. The number of thiazole rings is 1. The van der Waals surface area contributed by atoms with E-state index in [0.29, 0.717) is 54.2 Å². The molecule has 0 aliphatic rings. The van der Waals surface area contributed by atoms with Crippen LogP contribution in [0.4, 0.5) is 0 Å². The van der Waals surface area contributed by atoms with Gasteiger partial charge in [0.15, 0.2) is 17.7 Å². The predicted octanol–water partition coefficient (Wildman–Crippen LogP) is 6.86. The normalized spacial score (nSPS) is 11.1. The van der Waals surface area contributed by atoms with Gasteiger partial charge in [0.05, 0.1) is 32.0 Å². The van der Waals surface area contributed by atoms with Crippen molar-refractivity contribution in [1.29, 1.82) is 5.26 Å². The lowest BCUT2D eigenvalue weighted by molar-refractivity contribution is 0.324. The van der Waals surface area contributed by atoms with Crippen molar-refractivity contribution in [2.24, 2.45) is 0 Å². The molecule has 0 saturated carbocycles. The molecule has 0 aliphatic heterocycles. The Hall–Kier alpha value is -3.14. The molecule has 0 spiro atoms. The Morgan fingerprint density at radius 1 is 1.03 bits per heavy atom. The lowest BCUT2D eigenvalue weighted by Gasteiger charge is -2.15. The maximum absolute atomic E-state index is 13.0. The highest BCUT2D eigenvalue weighted by Crippen LogP contribution is 2.42. The van der Waals surface area contributed by atoms with E-state index in [4.69, 9.17) is 42.7 Å². The molecule has 0 atom stereocenters. The van der Waals surface area contributed by atoms with Crippen LogP contribution in [0.1, 0.15) is 5.56 Å². The second-order valence-corrected chi connectivity index (χ2v) is 12.2. The largest absolute Gasteiger partial charge is 0.493 e. The van der Waals surface area contributed by atoms with Gasteiger partial charge in [-0.2, -0.15) is 5.26 Å². The molecular weight excluding hydrogens is 601 g/mol. The molecule has 3 aromatic carbocycles. The smallest absolute Gasteiger partial charge is 0.271 e. The molecule has 0 radical (unpaired) electrons. The standard InChI is InChI=1S/C26H21Cl2N3O5S3/c1-34-21-8-15(9-22(35-2)25(21)36-3)12-37-23-11-19(28)18(10-24(23)39(32,33)30-14-29)26-31-20(13-38-26)16-4-6-17(27)7-5-16/h4-11,13,30H,12H2,1-3H3. The fraction of sp³-hybridized carbons (Fsp3) is 0.154. The van der Waals surface area contributed by atoms with Crippen molar-refractivity contribution in [1.82, 2.24) is 9.71 Å². The van der Waals surface area contributed by atoms with Gasteiger partial charge >= 0.3 is 0 Å². The Morgan fingerprint density at radius 2 is 1.69 bits per heavy atom. The highest BCUT2D eigenvalue weighted by Gasteiger charge is 2.23. The Morgan fingerprint density at radius 3 is 2.28 bits per heavy atom. The summed E-state index contributed by atoms with van der Waals surface area (Å²) in [5.74, 6) is 1.74. The number of rotatable bonds is 10. The highest BCUT2D eigenvalue weighted by atomic mass is 35.5. The number of nitrogens with one attached hydrogen (secondary N) is 1. The van der Waals surface area contributed by atoms with Gasteiger partial charge in [0.1, 0.15) is 9.90 Å². The van der Waals surface area contributed by atoms with Gasteiger partial charge in [0.2, 0.25) is 5.75 Å². The summed E-state index contributed by atoms with van der Waals surface area (Å²) in [6.07, 6.45) is 1.50. The molecule has 1 aromatic heterocycles. The van der Waals surface area contributed by atoms with Gasteiger partial charge in [-0.3, -0.25) is 0 Å².